The molecule has 5 heteroatoms. The Morgan fingerprint density at radius 1 is 0.812 bits per heavy atom. The molecule has 0 amide bonds. The van der Waals surface area contributed by atoms with Crippen molar-refractivity contribution in [3.8, 4) is 0 Å². The van der Waals surface area contributed by atoms with E-state index in [2.05, 4.69) is 12.2 Å². The quantitative estimate of drug-likeness (QED) is 0.424. The molecule has 16 heavy (non-hydrogen) atoms. The molecule has 0 fully saturated rings. The van der Waals surface area contributed by atoms with E-state index < -0.39 is 28.0 Å². The lowest BCUT2D eigenvalue weighted by atomic mass is 10.2. The van der Waals surface area contributed by atoms with Crippen LogP contribution in [0.15, 0.2) is 0 Å². The van der Waals surface area contributed by atoms with Gasteiger partial charge in [0.05, 0.1) is 0 Å². The molecule has 0 saturated carbocycles. The zero-order valence-electron chi connectivity index (χ0n) is 10.5. The third-order valence-corrected chi connectivity index (χ3v) is 1.50. The van der Waals surface area contributed by atoms with E-state index in [1.807, 2.05) is 0 Å². The molecule has 0 heterocycles. The average Bonchev–Trinajstić information content (AvgIpc) is 1.96. The predicted molar refractivity (Wildman–Crippen MR) is 64.3 cm³/mol. The SMILES string of the molecule is CC(C)(C)OC(=O)C(=S)C(=O)OC(C)(C)C. The van der Waals surface area contributed by atoms with Gasteiger partial charge < -0.3 is 9.47 Å². The van der Waals surface area contributed by atoms with Gasteiger partial charge in [-0.1, -0.05) is 12.2 Å². The highest BCUT2D eigenvalue weighted by Gasteiger charge is 2.28. The van der Waals surface area contributed by atoms with E-state index in [1.165, 1.54) is 0 Å². The molecule has 0 unspecified atom stereocenters. The van der Waals surface area contributed by atoms with E-state index in [-0.39, 0.29) is 0 Å². The van der Waals surface area contributed by atoms with Crippen LogP contribution in [0.1, 0.15) is 41.5 Å². The monoisotopic (exact) mass is 246 g/mol. The fraction of sp³-hybridized carbons (Fsp3) is 0.727. The van der Waals surface area contributed by atoms with Gasteiger partial charge in [-0.15, -0.1) is 0 Å². The smallest absolute Gasteiger partial charge is 0.357 e. The van der Waals surface area contributed by atoms with Crippen molar-refractivity contribution in [2.75, 3.05) is 0 Å². The van der Waals surface area contributed by atoms with Crippen LogP contribution >= 0.6 is 12.2 Å². The van der Waals surface area contributed by atoms with E-state index in [0.717, 1.165) is 0 Å². The molecular weight excluding hydrogens is 228 g/mol. The fourth-order valence-corrected chi connectivity index (χ4v) is 0.816. The number of carbonyl (C=O) groups excluding carboxylic acids is 2. The zero-order chi connectivity index (χ0) is 13.1. The van der Waals surface area contributed by atoms with Crippen LogP contribution in [-0.4, -0.2) is 28.0 Å². The normalized spacial score (nSPS) is 11.9. The van der Waals surface area contributed by atoms with Crippen molar-refractivity contribution in [2.45, 2.75) is 52.7 Å². The van der Waals surface area contributed by atoms with E-state index in [4.69, 9.17) is 9.47 Å². The first-order valence-corrected chi connectivity index (χ1v) is 5.34. The number of rotatable bonds is 2. The van der Waals surface area contributed by atoms with Gasteiger partial charge in [0.15, 0.2) is 0 Å². The van der Waals surface area contributed by atoms with Crippen LogP contribution in [0.3, 0.4) is 0 Å². The van der Waals surface area contributed by atoms with Crippen molar-refractivity contribution >= 4 is 29.0 Å². The van der Waals surface area contributed by atoms with Gasteiger partial charge in [-0.05, 0) is 41.5 Å². The minimum Gasteiger partial charge on any atom is -0.456 e. The Bertz CT molecular complexity index is 277. The lowest BCUT2D eigenvalue weighted by molar-refractivity contribution is -0.151. The van der Waals surface area contributed by atoms with Crippen molar-refractivity contribution < 1.29 is 19.1 Å². The third-order valence-electron chi connectivity index (χ3n) is 1.17. The van der Waals surface area contributed by atoms with E-state index in [1.54, 1.807) is 41.5 Å². The summed E-state index contributed by atoms with van der Waals surface area (Å²) in [7, 11) is 0. The summed E-state index contributed by atoms with van der Waals surface area (Å²) in [5, 5.41) is 0. The Morgan fingerprint density at radius 2 is 1.06 bits per heavy atom. The van der Waals surface area contributed by atoms with Gasteiger partial charge in [-0.2, -0.15) is 0 Å². The topological polar surface area (TPSA) is 52.6 Å². The Hall–Kier alpha value is -0.970. The highest BCUT2D eigenvalue weighted by atomic mass is 32.1. The van der Waals surface area contributed by atoms with Crippen molar-refractivity contribution in [3.63, 3.8) is 0 Å². The maximum Gasteiger partial charge on any atom is 0.357 e. The number of carbonyl (C=O) groups is 2. The Kier molecular flexibility index (Phi) is 4.61. The predicted octanol–water partition coefficient (Wildman–Crippen LogP) is 2.04. The lowest BCUT2D eigenvalue weighted by Crippen LogP contribution is -2.36. The number of hydrogen-bond acceptors (Lipinski definition) is 5. The van der Waals surface area contributed by atoms with E-state index >= 15 is 0 Å². The highest BCUT2D eigenvalue weighted by molar-refractivity contribution is 7.83. The van der Waals surface area contributed by atoms with Gasteiger partial charge in [0, 0.05) is 0 Å². The molecule has 92 valence electrons. The molecule has 0 aliphatic heterocycles. The van der Waals surface area contributed by atoms with Gasteiger partial charge >= 0.3 is 11.9 Å². The largest absolute Gasteiger partial charge is 0.456 e. The van der Waals surface area contributed by atoms with Crippen LogP contribution < -0.4 is 0 Å². The maximum atomic E-state index is 11.4. The van der Waals surface area contributed by atoms with Gasteiger partial charge in [-0.25, -0.2) is 9.59 Å². The standard InChI is InChI=1S/C11H18O4S/c1-10(2,3)14-8(12)7(16)9(13)15-11(4,5)6/h1-6H3. The fourth-order valence-electron chi connectivity index (χ4n) is 0.732. The Labute approximate surface area is 101 Å². The molecule has 0 aromatic heterocycles. The number of ether oxygens (including phenoxy) is 2. The molecule has 0 radical (unpaired) electrons. The van der Waals surface area contributed by atoms with Crippen molar-refractivity contribution in [3.05, 3.63) is 0 Å². The summed E-state index contributed by atoms with van der Waals surface area (Å²) in [4.78, 5) is 22.4. The molecule has 0 aromatic rings. The van der Waals surface area contributed by atoms with Crippen molar-refractivity contribution in [1.82, 2.24) is 0 Å². The van der Waals surface area contributed by atoms with Crippen LogP contribution in [0.4, 0.5) is 0 Å². The highest BCUT2D eigenvalue weighted by Crippen LogP contribution is 2.11. The molecular formula is C11H18O4S. The summed E-state index contributed by atoms with van der Waals surface area (Å²) in [5.74, 6) is -1.64. The van der Waals surface area contributed by atoms with Crippen LogP contribution in [0.25, 0.3) is 0 Å². The van der Waals surface area contributed by atoms with Gasteiger partial charge in [-0.3, -0.25) is 0 Å². The zero-order valence-corrected chi connectivity index (χ0v) is 11.4. The molecule has 0 bridgehead atoms. The van der Waals surface area contributed by atoms with Crippen LogP contribution in [0.5, 0.6) is 0 Å². The van der Waals surface area contributed by atoms with Gasteiger partial charge in [0.2, 0.25) is 4.86 Å². The maximum absolute atomic E-state index is 11.4. The third kappa shape index (κ3) is 6.50. The molecule has 0 aromatic carbocycles. The van der Waals surface area contributed by atoms with E-state index in [9.17, 15) is 9.59 Å². The van der Waals surface area contributed by atoms with E-state index in [0.29, 0.717) is 0 Å². The Balaban J connectivity index is 4.47. The molecule has 0 rings (SSSR count). The number of hydrogen-bond donors (Lipinski definition) is 0. The summed E-state index contributed by atoms with van der Waals surface area (Å²) in [6.07, 6.45) is 0. The minimum absolute atomic E-state index is 0.454. The van der Waals surface area contributed by atoms with Crippen LogP contribution in [0, 0.1) is 0 Å². The lowest BCUT2D eigenvalue weighted by Gasteiger charge is -2.21. The van der Waals surface area contributed by atoms with Gasteiger partial charge in [0.1, 0.15) is 11.2 Å². The molecule has 0 aliphatic rings. The first-order valence-electron chi connectivity index (χ1n) is 4.93. The summed E-state index contributed by atoms with van der Waals surface area (Å²) in [6, 6.07) is 0. The molecule has 0 atom stereocenters. The number of esters is 2. The van der Waals surface area contributed by atoms with Gasteiger partial charge in [0.25, 0.3) is 0 Å². The summed E-state index contributed by atoms with van der Waals surface area (Å²) in [6.45, 7) is 10.2. The van der Waals surface area contributed by atoms with Crippen molar-refractivity contribution in [2.24, 2.45) is 0 Å². The number of thiocarbonyl (C=S) groups is 1. The summed E-state index contributed by atoms with van der Waals surface area (Å²) >= 11 is 4.69. The molecule has 4 nitrogen and oxygen atoms in total. The second-order valence-corrected chi connectivity index (χ2v) is 5.74. The molecule has 0 spiro atoms. The Morgan fingerprint density at radius 3 is 1.25 bits per heavy atom. The van der Waals surface area contributed by atoms with Crippen molar-refractivity contribution in [1.29, 1.82) is 0 Å². The molecule has 0 N–H and O–H groups in total. The first-order chi connectivity index (χ1) is 6.92. The summed E-state index contributed by atoms with van der Waals surface area (Å²) < 4.78 is 9.91. The minimum atomic E-state index is -0.822. The van der Waals surface area contributed by atoms with Crippen LogP contribution in [-0.2, 0) is 19.1 Å². The molecule has 0 aliphatic carbocycles. The summed E-state index contributed by atoms with van der Waals surface area (Å²) in [5.41, 5.74) is -1.35. The second kappa shape index (κ2) is 4.91. The second-order valence-electron chi connectivity index (χ2n) is 5.33. The first kappa shape index (κ1) is 15.0. The molecule has 0 saturated heterocycles. The van der Waals surface area contributed by atoms with Crippen LogP contribution in [0.2, 0.25) is 0 Å². The average molecular weight is 246 g/mol.